The number of carboxylic acid groups (broad SMARTS) is 1. The summed E-state index contributed by atoms with van der Waals surface area (Å²) in [6.45, 7) is 5.56. The molecule has 5 heteroatoms. The zero-order valence-electron chi connectivity index (χ0n) is 11.3. The van der Waals surface area contributed by atoms with Crippen molar-refractivity contribution in [3.63, 3.8) is 0 Å². The summed E-state index contributed by atoms with van der Waals surface area (Å²) in [5.41, 5.74) is 2.64. The second kappa shape index (κ2) is 5.10. The van der Waals surface area contributed by atoms with Crippen molar-refractivity contribution in [3.05, 3.63) is 17.0 Å². The summed E-state index contributed by atoms with van der Waals surface area (Å²) in [7, 11) is 1.86. The Morgan fingerprint density at radius 3 is 2.33 bits per heavy atom. The first kappa shape index (κ1) is 13.1. The number of likely N-dealkylation sites (tertiary alicyclic amines) is 1. The van der Waals surface area contributed by atoms with E-state index in [1.165, 1.54) is 6.42 Å². The number of rotatable bonds is 3. The highest BCUT2D eigenvalue weighted by Gasteiger charge is 2.32. The summed E-state index contributed by atoms with van der Waals surface area (Å²) in [6, 6.07) is -0.543. The molecule has 2 rings (SSSR count). The predicted molar refractivity (Wildman–Crippen MR) is 68.5 cm³/mol. The van der Waals surface area contributed by atoms with Crippen molar-refractivity contribution in [2.24, 2.45) is 7.05 Å². The third-order valence-electron chi connectivity index (χ3n) is 3.83. The van der Waals surface area contributed by atoms with E-state index < -0.39 is 12.0 Å². The quantitative estimate of drug-likeness (QED) is 0.887. The van der Waals surface area contributed by atoms with Crippen LogP contribution in [0.2, 0.25) is 0 Å². The van der Waals surface area contributed by atoms with Crippen LogP contribution in [0.3, 0.4) is 0 Å². The molecule has 1 aliphatic heterocycles. The minimum Gasteiger partial charge on any atom is -0.480 e. The Labute approximate surface area is 107 Å². The van der Waals surface area contributed by atoms with Crippen LogP contribution in [-0.4, -0.2) is 38.8 Å². The van der Waals surface area contributed by atoms with Crippen LogP contribution in [0.5, 0.6) is 0 Å². The van der Waals surface area contributed by atoms with Gasteiger partial charge in [0, 0.05) is 18.3 Å². The lowest BCUT2D eigenvalue weighted by atomic mass is 10.00. The lowest BCUT2D eigenvalue weighted by Gasteiger charge is -2.32. The molecule has 5 nitrogen and oxygen atoms in total. The highest BCUT2D eigenvalue weighted by molar-refractivity contribution is 5.76. The molecule has 100 valence electrons. The fourth-order valence-corrected chi connectivity index (χ4v) is 2.82. The third kappa shape index (κ3) is 2.27. The second-order valence-electron chi connectivity index (χ2n) is 5.05. The van der Waals surface area contributed by atoms with Crippen molar-refractivity contribution in [1.29, 1.82) is 0 Å². The van der Waals surface area contributed by atoms with Crippen molar-refractivity contribution in [3.8, 4) is 0 Å². The van der Waals surface area contributed by atoms with Crippen LogP contribution in [0.1, 0.15) is 42.3 Å². The largest absolute Gasteiger partial charge is 0.480 e. The van der Waals surface area contributed by atoms with Gasteiger partial charge < -0.3 is 5.11 Å². The number of hydrogen-bond acceptors (Lipinski definition) is 3. The fourth-order valence-electron chi connectivity index (χ4n) is 2.82. The Kier molecular flexibility index (Phi) is 3.71. The number of carboxylic acids is 1. The molecule has 1 aromatic rings. The molecular formula is C13H21N3O2. The Hall–Kier alpha value is -1.36. The van der Waals surface area contributed by atoms with E-state index in [-0.39, 0.29) is 0 Å². The fraction of sp³-hybridized carbons (Fsp3) is 0.692. The Balaban J connectivity index is 2.37. The Morgan fingerprint density at radius 1 is 1.28 bits per heavy atom. The number of aliphatic carboxylic acids is 1. The van der Waals surface area contributed by atoms with E-state index in [1.54, 1.807) is 4.68 Å². The number of aryl methyl sites for hydroxylation is 2. The van der Waals surface area contributed by atoms with E-state index in [9.17, 15) is 9.90 Å². The monoisotopic (exact) mass is 251 g/mol. The average Bonchev–Trinajstić information content (AvgIpc) is 2.57. The van der Waals surface area contributed by atoms with Gasteiger partial charge in [-0.05, 0) is 39.8 Å². The molecule has 1 atom stereocenters. The lowest BCUT2D eigenvalue weighted by Crippen LogP contribution is -2.38. The molecule has 0 saturated carbocycles. The van der Waals surface area contributed by atoms with E-state index in [0.29, 0.717) is 0 Å². The van der Waals surface area contributed by atoms with Crippen LogP contribution in [-0.2, 0) is 11.8 Å². The highest BCUT2D eigenvalue weighted by Crippen LogP contribution is 2.29. The zero-order chi connectivity index (χ0) is 13.3. The molecule has 0 amide bonds. The molecule has 1 aliphatic rings. The zero-order valence-corrected chi connectivity index (χ0v) is 11.3. The maximum atomic E-state index is 11.6. The summed E-state index contributed by atoms with van der Waals surface area (Å²) in [5, 5.41) is 13.9. The van der Waals surface area contributed by atoms with Crippen molar-refractivity contribution >= 4 is 5.97 Å². The van der Waals surface area contributed by atoms with Gasteiger partial charge in [0.2, 0.25) is 0 Å². The number of nitrogens with zero attached hydrogens (tertiary/aromatic N) is 3. The first-order valence-corrected chi connectivity index (χ1v) is 6.49. The topological polar surface area (TPSA) is 58.4 Å². The minimum absolute atomic E-state index is 0.543. The predicted octanol–water partition coefficient (Wildman–Crippen LogP) is 1.65. The molecule has 18 heavy (non-hydrogen) atoms. The molecule has 1 fully saturated rings. The van der Waals surface area contributed by atoms with E-state index >= 15 is 0 Å². The van der Waals surface area contributed by atoms with Gasteiger partial charge in [-0.3, -0.25) is 14.4 Å². The van der Waals surface area contributed by atoms with Gasteiger partial charge in [-0.1, -0.05) is 6.42 Å². The first-order valence-electron chi connectivity index (χ1n) is 6.49. The highest BCUT2D eigenvalue weighted by atomic mass is 16.4. The summed E-state index contributed by atoms with van der Waals surface area (Å²) in [4.78, 5) is 13.7. The van der Waals surface area contributed by atoms with Gasteiger partial charge in [-0.25, -0.2) is 0 Å². The van der Waals surface area contributed by atoms with Crippen molar-refractivity contribution in [1.82, 2.24) is 14.7 Å². The smallest absolute Gasteiger partial charge is 0.325 e. The standard InChI is InChI=1S/C13H21N3O2/c1-9-11(10(2)15(3)14-9)12(13(17)18)16-7-5-4-6-8-16/h12H,4-8H2,1-3H3,(H,17,18). The second-order valence-corrected chi connectivity index (χ2v) is 5.05. The molecule has 0 radical (unpaired) electrons. The van der Waals surface area contributed by atoms with Crippen LogP contribution < -0.4 is 0 Å². The van der Waals surface area contributed by atoms with Crippen LogP contribution in [0.4, 0.5) is 0 Å². The Bertz CT molecular complexity index is 447. The Morgan fingerprint density at radius 2 is 1.89 bits per heavy atom. The lowest BCUT2D eigenvalue weighted by molar-refractivity contribution is -0.144. The number of aromatic nitrogens is 2. The van der Waals surface area contributed by atoms with Gasteiger partial charge >= 0.3 is 5.97 Å². The third-order valence-corrected chi connectivity index (χ3v) is 3.83. The molecule has 0 aliphatic carbocycles. The summed E-state index contributed by atoms with van der Waals surface area (Å²) in [6.07, 6.45) is 3.37. The number of hydrogen-bond donors (Lipinski definition) is 1. The number of piperidine rings is 1. The van der Waals surface area contributed by atoms with Gasteiger partial charge in [-0.2, -0.15) is 5.10 Å². The molecule has 0 spiro atoms. The molecule has 1 aromatic heterocycles. The molecular weight excluding hydrogens is 230 g/mol. The van der Waals surface area contributed by atoms with Gasteiger partial charge in [0.1, 0.15) is 6.04 Å². The molecule has 1 saturated heterocycles. The van der Waals surface area contributed by atoms with Crippen LogP contribution >= 0.6 is 0 Å². The normalized spacial score (nSPS) is 18.8. The molecule has 0 aromatic carbocycles. The van der Waals surface area contributed by atoms with Crippen molar-refractivity contribution in [2.45, 2.75) is 39.2 Å². The van der Waals surface area contributed by atoms with E-state index in [0.717, 1.165) is 42.9 Å². The first-order chi connectivity index (χ1) is 8.52. The average molecular weight is 251 g/mol. The summed E-state index contributed by atoms with van der Waals surface area (Å²) < 4.78 is 1.77. The molecule has 0 bridgehead atoms. The number of carbonyl (C=O) groups is 1. The van der Waals surface area contributed by atoms with Crippen LogP contribution in [0.15, 0.2) is 0 Å². The molecule has 1 N–H and O–H groups in total. The van der Waals surface area contributed by atoms with Gasteiger partial charge in [0.05, 0.1) is 5.69 Å². The minimum atomic E-state index is -0.767. The van der Waals surface area contributed by atoms with Crippen molar-refractivity contribution in [2.75, 3.05) is 13.1 Å². The van der Waals surface area contributed by atoms with Crippen LogP contribution in [0, 0.1) is 13.8 Å². The maximum absolute atomic E-state index is 11.6. The van der Waals surface area contributed by atoms with E-state index in [2.05, 4.69) is 10.00 Å². The van der Waals surface area contributed by atoms with E-state index in [1.807, 2.05) is 20.9 Å². The van der Waals surface area contributed by atoms with Gasteiger partial charge in [0.25, 0.3) is 0 Å². The van der Waals surface area contributed by atoms with E-state index in [4.69, 9.17) is 0 Å². The van der Waals surface area contributed by atoms with Gasteiger partial charge in [-0.15, -0.1) is 0 Å². The maximum Gasteiger partial charge on any atom is 0.325 e. The van der Waals surface area contributed by atoms with Crippen LogP contribution in [0.25, 0.3) is 0 Å². The summed E-state index contributed by atoms with van der Waals surface area (Å²) in [5.74, 6) is -0.767. The summed E-state index contributed by atoms with van der Waals surface area (Å²) >= 11 is 0. The van der Waals surface area contributed by atoms with Gasteiger partial charge in [0.15, 0.2) is 0 Å². The van der Waals surface area contributed by atoms with Crippen molar-refractivity contribution < 1.29 is 9.90 Å². The molecule has 2 heterocycles. The SMILES string of the molecule is Cc1nn(C)c(C)c1C(C(=O)O)N1CCCCC1. The molecule has 1 unspecified atom stereocenters.